The minimum Gasteiger partial charge on any atom is -0.440 e. The molecule has 1 aliphatic rings. The van der Waals surface area contributed by atoms with E-state index in [9.17, 15) is 27.9 Å². The lowest BCUT2D eigenvalue weighted by Crippen LogP contribution is -2.47. The summed E-state index contributed by atoms with van der Waals surface area (Å²) in [6.45, 7) is -0.323. The number of anilines is 1. The number of fused-ring (bicyclic) bond motifs is 1. The summed E-state index contributed by atoms with van der Waals surface area (Å²) < 4.78 is 41.1. The number of alkyl halides is 3. The zero-order valence-electron chi connectivity index (χ0n) is 18.5. The highest BCUT2D eigenvalue weighted by molar-refractivity contribution is 6.03. The number of carbonyl (C=O) groups is 2. The fraction of sp³-hybridized carbons (Fsp3) is 0.350. The molecule has 0 fully saturated rings. The van der Waals surface area contributed by atoms with Gasteiger partial charge < -0.3 is 21.0 Å². The average molecular weight is 496 g/mol. The van der Waals surface area contributed by atoms with Gasteiger partial charge in [0.2, 0.25) is 0 Å². The number of aromatic nitrogens is 2. The van der Waals surface area contributed by atoms with Crippen LogP contribution in [0.3, 0.4) is 0 Å². The van der Waals surface area contributed by atoms with Gasteiger partial charge >= 0.3 is 12.3 Å². The predicted octanol–water partition coefficient (Wildman–Crippen LogP) is 0.920. The van der Waals surface area contributed by atoms with Crippen LogP contribution in [-0.2, 0) is 17.8 Å². The molecule has 2 aromatic rings. The minimum atomic E-state index is -4.63. The Morgan fingerprint density at radius 3 is 2.69 bits per heavy atom. The van der Waals surface area contributed by atoms with Crippen LogP contribution in [0.5, 0.6) is 0 Å². The number of rotatable bonds is 6. The number of hydrazine groups is 1. The van der Waals surface area contributed by atoms with Crippen molar-refractivity contribution < 1.29 is 32.6 Å². The van der Waals surface area contributed by atoms with Gasteiger partial charge in [-0.2, -0.15) is 18.3 Å². The van der Waals surface area contributed by atoms with Gasteiger partial charge in [-0.15, -0.1) is 0 Å². The molecule has 0 radical (unpaired) electrons. The van der Waals surface area contributed by atoms with Crippen LogP contribution in [0.25, 0.3) is 0 Å². The van der Waals surface area contributed by atoms with E-state index in [4.69, 9.17) is 11.7 Å². The molecule has 1 unspecified atom stereocenters. The normalized spacial score (nSPS) is 14.3. The van der Waals surface area contributed by atoms with Crippen molar-refractivity contribution in [2.45, 2.75) is 32.2 Å². The van der Waals surface area contributed by atoms with Crippen molar-refractivity contribution in [3.63, 3.8) is 0 Å². The third-order valence-corrected chi connectivity index (χ3v) is 4.98. The molecule has 0 spiro atoms. The van der Waals surface area contributed by atoms with Crippen molar-refractivity contribution in [1.29, 1.82) is 0 Å². The van der Waals surface area contributed by atoms with Crippen molar-refractivity contribution in [2.75, 3.05) is 18.5 Å². The second-order valence-electron chi connectivity index (χ2n) is 7.62. The third-order valence-electron chi connectivity index (χ3n) is 4.98. The van der Waals surface area contributed by atoms with Gasteiger partial charge in [-0.1, -0.05) is 6.07 Å². The van der Waals surface area contributed by atoms with Gasteiger partial charge in [-0.05, 0) is 36.2 Å². The van der Waals surface area contributed by atoms with Crippen LogP contribution in [0.2, 0.25) is 0 Å². The number of nitrogens with zero attached hydrogens (tertiary/aromatic N) is 5. The summed E-state index contributed by atoms with van der Waals surface area (Å²) in [5.74, 6) is 10.9. The van der Waals surface area contributed by atoms with Crippen molar-refractivity contribution in [3.05, 3.63) is 53.0 Å². The molecule has 3 heterocycles. The molecule has 0 aromatic carbocycles. The molecule has 0 aliphatic carbocycles. The Labute approximate surface area is 197 Å². The summed E-state index contributed by atoms with van der Waals surface area (Å²) in [5.41, 5.74) is 1.37. The number of hydrogen-bond donors (Lipinski definition) is 4. The highest BCUT2D eigenvalue weighted by atomic mass is 19.4. The van der Waals surface area contributed by atoms with Crippen molar-refractivity contribution >= 4 is 23.7 Å². The average Bonchev–Trinajstić information content (AvgIpc) is 3.25. The lowest BCUT2D eigenvalue weighted by molar-refractivity contribution is -0.162. The van der Waals surface area contributed by atoms with E-state index < -0.39 is 30.8 Å². The number of aliphatic hydroxyl groups excluding tert-OH is 1. The van der Waals surface area contributed by atoms with E-state index in [2.05, 4.69) is 25.1 Å². The summed E-state index contributed by atoms with van der Waals surface area (Å²) in [5, 5.41) is 16.6. The van der Waals surface area contributed by atoms with Crippen LogP contribution in [0.4, 0.5) is 23.8 Å². The molecule has 2 amide bonds. The van der Waals surface area contributed by atoms with Gasteiger partial charge in [0.05, 0.1) is 19.2 Å². The molecule has 0 saturated heterocycles. The number of ether oxygens (including phenoxy) is 1. The maximum Gasteiger partial charge on any atom is 0.422 e. The van der Waals surface area contributed by atoms with E-state index in [1.54, 1.807) is 19.1 Å². The molecular weight excluding hydrogens is 473 g/mol. The van der Waals surface area contributed by atoms with Crippen LogP contribution in [0.1, 0.15) is 34.2 Å². The monoisotopic (exact) mass is 496 g/mol. The minimum absolute atomic E-state index is 0.00327. The van der Waals surface area contributed by atoms with Crippen LogP contribution in [-0.4, -0.2) is 68.3 Å². The SMILES string of the molecule is CC(CO)N(N)/C(=N\N)c1cccc(NC(=O)c2cc3c(cn2)CN(C(=O)OCC(F)(F)F)C3)n1. The van der Waals surface area contributed by atoms with E-state index in [0.29, 0.717) is 11.1 Å². The van der Waals surface area contributed by atoms with Crippen LogP contribution in [0, 0.1) is 0 Å². The van der Waals surface area contributed by atoms with Gasteiger partial charge in [0.25, 0.3) is 5.91 Å². The first-order chi connectivity index (χ1) is 16.5. The largest absolute Gasteiger partial charge is 0.440 e. The first kappa shape index (κ1) is 25.6. The lowest BCUT2D eigenvalue weighted by Gasteiger charge is -2.25. The molecule has 0 saturated carbocycles. The number of nitrogens with two attached hydrogens (primary N) is 2. The van der Waals surface area contributed by atoms with Gasteiger partial charge in [0, 0.05) is 12.7 Å². The molecule has 2 aromatic heterocycles. The molecule has 6 N–H and O–H groups in total. The standard InChI is InChI=1S/C20H23F3N8O4/c1-11(9-32)31(25)17(29-24)14-3-2-4-16(27-14)28-18(33)15-5-12-7-30(8-13(12)6-26-15)19(34)35-10-20(21,22)23/h2-6,11,32H,7-10,24-25H2,1H3,(H,27,28,33)/b29-17-. The Morgan fingerprint density at radius 2 is 2.03 bits per heavy atom. The molecule has 3 rings (SSSR count). The van der Waals surface area contributed by atoms with E-state index in [1.165, 1.54) is 18.3 Å². The number of amides is 2. The third kappa shape index (κ3) is 6.33. The molecule has 12 nitrogen and oxygen atoms in total. The van der Waals surface area contributed by atoms with Crippen molar-refractivity contribution in [1.82, 2.24) is 19.9 Å². The second-order valence-corrected chi connectivity index (χ2v) is 7.62. The molecular formula is C20H23F3N8O4. The van der Waals surface area contributed by atoms with Gasteiger partial charge in [0.15, 0.2) is 12.4 Å². The Bertz CT molecular complexity index is 1130. The quantitative estimate of drug-likeness (QED) is 0.196. The molecule has 1 aliphatic heterocycles. The summed E-state index contributed by atoms with van der Waals surface area (Å²) in [6.07, 6.45) is -4.38. The maximum absolute atomic E-state index is 12.7. The summed E-state index contributed by atoms with van der Waals surface area (Å²) in [7, 11) is 0. The number of hydrazone groups is 1. The number of hydrogen-bond acceptors (Lipinski definition) is 9. The number of amidine groups is 1. The van der Waals surface area contributed by atoms with Crippen LogP contribution >= 0.6 is 0 Å². The fourth-order valence-electron chi connectivity index (χ4n) is 3.14. The first-order valence-corrected chi connectivity index (χ1v) is 10.2. The predicted molar refractivity (Wildman–Crippen MR) is 116 cm³/mol. The summed E-state index contributed by atoms with van der Waals surface area (Å²) in [4.78, 5) is 34.0. The highest BCUT2D eigenvalue weighted by Crippen LogP contribution is 2.24. The van der Waals surface area contributed by atoms with Crippen molar-refractivity contribution in [3.8, 4) is 0 Å². The van der Waals surface area contributed by atoms with Gasteiger partial charge in [-0.25, -0.2) is 15.6 Å². The molecule has 35 heavy (non-hydrogen) atoms. The topological polar surface area (TPSA) is 172 Å². The summed E-state index contributed by atoms with van der Waals surface area (Å²) >= 11 is 0. The van der Waals surface area contributed by atoms with E-state index in [-0.39, 0.29) is 42.7 Å². The Hall–Kier alpha value is -3.98. The zero-order chi connectivity index (χ0) is 25.8. The maximum atomic E-state index is 12.7. The highest BCUT2D eigenvalue weighted by Gasteiger charge is 2.32. The van der Waals surface area contributed by atoms with Gasteiger partial charge in [-0.3, -0.25) is 19.7 Å². The molecule has 15 heteroatoms. The lowest BCUT2D eigenvalue weighted by atomic mass is 10.1. The van der Waals surface area contributed by atoms with Crippen LogP contribution < -0.4 is 17.0 Å². The molecule has 188 valence electrons. The second kappa shape index (κ2) is 10.5. The van der Waals surface area contributed by atoms with E-state index >= 15 is 0 Å². The molecule has 1 atom stereocenters. The van der Waals surface area contributed by atoms with E-state index in [1.807, 2.05) is 0 Å². The number of carbonyl (C=O) groups excluding carboxylic acids is 2. The zero-order valence-corrected chi connectivity index (χ0v) is 18.5. The Balaban J connectivity index is 1.69. The van der Waals surface area contributed by atoms with Crippen molar-refractivity contribution in [2.24, 2.45) is 16.8 Å². The number of nitrogens with one attached hydrogen (secondary N) is 1. The number of halogens is 3. The van der Waals surface area contributed by atoms with Crippen LogP contribution in [0.15, 0.2) is 35.6 Å². The fourth-order valence-corrected chi connectivity index (χ4v) is 3.14. The number of aliphatic hydroxyl groups is 1. The summed E-state index contributed by atoms with van der Waals surface area (Å²) in [6, 6.07) is 5.59. The number of pyridine rings is 2. The van der Waals surface area contributed by atoms with E-state index in [0.717, 1.165) is 9.91 Å². The Kier molecular flexibility index (Phi) is 7.71. The molecule has 0 bridgehead atoms. The first-order valence-electron chi connectivity index (χ1n) is 10.2. The smallest absolute Gasteiger partial charge is 0.422 e. The van der Waals surface area contributed by atoms with Gasteiger partial charge in [0.1, 0.15) is 17.2 Å². The Morgan fingerprint density at radius 1 is 1.31 bits per heavy atom.